The number of amides is 1. The molecule has 0 N–H and O–H groups in total. The third-order valence-electron chi connectivity index (χ3n) is 6.10. The van der Waals surface area contributed by atoms with Crippen molar-refractivity contribution in [2.75, 3.05) is 33.2 Å². The second-order valence-electron chi connectivity index (χ2n) is 7.77. The maximum atomic E-state index is 13.1. The van der Waals surface area contributed by atoms with E-state index in [1.807, 2.05) is 0 Å². The molecule has 142 valence electrons. The Hall–Kier alpha value is -2.17. The highest BCUT2D eigenvalue weighted by Gasteiger charge is 2.38. The number of likely N-dealkylation sites (N-methyl/N-ethyl adjacent to an activating group) is 1. The second-order valence-corrected chi connectivity index (χ2v) is 7.77. The van der Waals surface area contributed by atoms with Crippen LogP contribution in [0.1, 0.15) is 30.0 Å². The lowest BCUT2D eigenvalue weighted by Gasteiger charge is -2.37. The molecule has 27 heavy (non-hydrogen) atoms. The summed E-state index contributed by atoms with van der Waals surface area (Å²) >= 11 is 0. The van der Waals surface area contributed by atoms with Crippen LogP contribution >= 0.6 is 0 Å². The number of hydrogen-bond acceptors (Lipinski definition) is 3. The number of benzene rings is 2. The Morgan fingerprint density at radius 1 is 0.889 bits per heavy atom. The molecule has 0 saturated carbocycles. The molecule has 0 radical (unpaired) electrons. The van der Waals surface area contributed by atoms with Gasteiger partial charge in [0, 0.05) is 38.8 Å². The van der Waals surface area contributed by atoms with E-state index in [4.69, 9.17) is 0 Å². The van der Waals surface area contributed by atoms with Crippen molar-refractivity contribution < 1.29 is 4.79 Å². The quantitative estimate of drug-likeness (QED) is 0.835. The molecule has 0 unspecified atom stereocenters. The van der Waals surface area contributed by atoms with Crippen molar-refractivity contribution in [3.8, 4) is 0 Å². The molecule has 2 saturated heterocycles. The van der Waals surface area contributed by atoms with Gasteiger partial charge >= 0.3 is 0 Å². The van der Waals surface area contributed by atoms with Crippen molar-refractivity contribution in [1.82, 2.24) is 14.7 Å². The highest BCUT2D eigenvalue weighted by atomic mass is 16.2. The van der Waals surface area contributed by atoms with Crippen LogP contribution in [0.5, 0.6) is 0 Å². The maximum absolute atomic E-state index is 13.1. The average Bonchev–Trinajstić information content (AvgIpc) is 3.11. The summed E-state index contributed by atoms with van der Waals surface area (Å²) in [5.41, 5.74) is 2.67. The summed E-state index contributed by atoms with van der Waals surface area (Å²) in [5.74, 6) is 0.315. The van der Waals surface area contributed by atoms with Crippen LogP contribution < -0.4 is 0 Å². The predicted molar refractivity (Wildman–Crippen MR) is 108 cm³/mol. The first-order valence-corrected chi connectivity index (χ1v) is 10.0. The van der Waals surface area contributed by atoms with Crippen LogP contribution in [0.25, 0.3) is 0 Å². The van der Waals surface area contributed by atoms with Gasteiger partial charge < -0.3 is 4.90 Å². The molecular weight excluding hydrogens is 334 g/mol. The lowest BCUT2D eigenvalue weighted by molar-refractivity contribution is -0.137. The molecule has 4 rings (SSSR count). The zero-order valence-corrected chi connectivity index (χ0v) is 16.1. The smallest absolute Gasteiger partial charge is 0.240 e. The van der Waals surface area contributed by atoms with Crippen molar-refractivity contribution in [2.24, 2.45) is 0 Å². The Balaban J connectivity index is 1.32. The lowest BCUT2D eigenvalue weighted by atomic mass is 10.1. The summed E-state index contributed by atoms with van der Waals surface area (Å²) in [6.45, 7) is 4.57. The minimum absolute atomic E-state index is 0.0240. The maximum Gasteiger partial charge on any atom is 0.240 e. The van der Waals surface area contributed by atoms with Crippen LogP contribution in [0, 0.1) is 0 Å². The molecule has 0 aliphatic carbocycles. The fraction of sp³-hybridized carbons (Fsp3) is 0.435. The van der Waals surface area contributed by atoms with E-state index >= 15 is 0 Å². The summed E-state index contributed by atoms with van der Waals surface area (Å²) in [4.78, 5) is 19.9. The molecule has 0 aromatic heterocycles. The van der Waals surface area contributed by atoms with Crippen molar-refractivity contribution in [1.29, 1.82) is 0 Å². The van der Waals surface area contributed by atoms with Gasteiger partial charge in [-0.2, -0.15) is 0 Å². The summed E-state index contributed by atoms with van der Waals surface area (Å²) < 4.78 is 0. The Kier molecular flexibility index (Phi) is 5.55. The van der Waals surface area contributed by atoms with Gasteiger partial charge in [-0.25, -0.2) is 0 Å². The number of hydrogen-bond donors (Lipinski definition) is 0. The number of carbonyl (C=O) groups excluding carboxylic acids is 1. The zero-order chi connectivity index (χ0) is 18.6. The largest absolute Gasteiger partial charge is 0.339 e. The van der Waals surface area contributed by atoms with Gasteiger partial charge in [-0.15, -0.1) is 0 Å². The third-order valence-corrected chi connectivity index (χ3v) is 6.10. The predicted octanol–water partition coefficient (Wildman–Crippen LogP) is 3.17. The first-order valence-electron chi connectivity index (χ1n) is 10.0. The fourth-order valence-electron chi connectivity index (χ4n) is 4.49. The SMILES string of the molecule is CN1[C@@H](C(=O)N2CCN(Cc3ccccc3)CC2)CC[C@H]1c1ccccc1. The number of rotatable bonds is 4. The Labute approximate surface area is 162 Å². The van der Waals surface area contributed by atoms with Gasteiger partial charge in [0.25, 0.3) is 0 Å². The molecule has 2 aliphatic heterocycles. The molecule has 0 bridgehead atoms. The van der Waals surface area contributed by atoms with Crippen molar-refractivity contribution >= 4 is 5.91 Å². The van der Waals surface area contributed by atoms with E-state index in [-0.39, 0.29) is 6.04 Å². The van der Waals surface area contributed by atoms with E-state index in [1.54, 1.807) is 0 Å². The molecule has 1 amide bonds. The van der Waals surface area contributed by atoms with Gasteiger partial charge in [0.1, 0.15) is 0 Å². The summed E-state index contributed by atoms with van der Waals surface area (Å²) in [6.07, 6.45) is 2.02. The minimum Gasteiger partial charge on any atom is -0.339 e. The van der Waals surface area contributed by atoms with Crippen molar-refractivity contribution in [2.45, 2.75) is 31.5 Å². The number of likely N-dealkylation sites (tertiary alicyclic amines) is 1. The van der Waals surface area contributed by atoms with E-state index in [9.17, 15) is 4.79 Å². The van der Waals surface area contributed by atoms with E-state index in [0.29, 0.717) is 11.9 Å². The van der Waals surface area contributed by atoms with E-state index in [0.717, 1.165) is 45.6 Å². The lowest BCUT2D eigenvalue weighted by Crippen LogP contribution is -2.53. The van der Waals surface area contributed by atoms with Crippen LogP contribution in [-0.2, 0) is 11.3 Å². The van der Waals surface area contributed by atoms with E-state index < -0.39 is 0 Å². The molecule has 2 fully saturated rings. The van der Waals surface area contributed by atoms with Gasteiger partial charge in [0.05, 0.1) is 6.04 Å². The van der Waals surface area contributed by atoms with E-state index in [2.05, 4.69) is 82.4 Å². The second kappa shape index (κ2) is 8.24. The molecule has 2 aromatic rings. The Morgan fingerprint density at radius 3 is 2.19 bits per heavy atom. The van der Waals surface area contributed by atoms with Gasteiger partial charge in [-0.05, 0) is 31.0 Å². The van der Waals surface area contributed by atoms with Gasteiger partial charge in [0.15, 0.2) is 0 Å². The molecule has 4 heteroatoms. The first-order chi connectivity index (χ1) is 13.2. The Bertz CT molecular complexity index is 741. The van der Waals surface area contributed by atoms with E-state index in [1.165, 1.54) is 11.1 Å². The minimum atomic E-state index is 0.0240. The summed E-state index contributed by atoms with van der Waals surface area (Å²) in [7, 11) is 2.11. The van der Waals surface area contributed by atoms with Crippen LogP contribution in [0.3, 0.4) is 0 Å². The van der Waals surface area contributed by atoms with Crippen LogP contribution in [0.15, 0.2) is 60.7 Å². The third kappa shape index (κ3) is 4.07. The van der Waals surface area contributed by atoms with Crippen molar-refractivity contribution in [3.63, 3.8) is 0 Å². The number of carbonyl (C=O) groups is 1. The zero-order valence-electron chi connectivity index (χ0n) is 16.1. The standard InChI is InChI=1S/C23H29N3O/c1-24-21(20-10-6-3-7-11-20)12-13-22(24)23(27)26-16-14-25(15-17-26)18-19-8-4-2-5-9-19/h2-11,21-22H,12-18H2,1H3/t21-,22+/m0/s1. The number of nitrogens with zero attached hydrogens (tertiary/aromatic N) is 3. The topological polar surface area (TPSA) is 26.8 Å². The van der Waals surface area contributed by atoms with Crippen LogP contribution in [-0.4, -0.2) is 59.9 Å². The molecule has 4 nitrogen and oxygen atoms in total. The van der Waals surface area contributed by atoms with Crippen LogP contribution in [0.4, 0.5) is 0 Å². The molecule has 2 atom stereocenters. The normalized spacial score (nSPS) is 24.3. The molecule has 2 heterocycles. The highest BCUT2D eigenvalue weighted by Crippen LogP contribution is 2.35. The average molecular weight is 364 g/mol. The monoisotopic (exact) mass is 363 g/mol. The molecular formula is C23H29N3O. The van der Waals surface area contributed by atoms with Gasteiger partial charge in [-0.3, -0.25) is 14.6 Å². The molecule has 2 aromatic carbocycles. The van der Waals surface area contributed by atoms with Gasteiger partial charge in [0.2, 0.25) is 5.91 Å². The molecule has 0 spiro atoms. The fourth-order valence-corrected chi connectivity index (χ4v) is 4.49. The Morgan fingerprint density at radius 2 is 1.52 bits per heavy atom. The summed E-state index contributed by atoms with van der Waals surface area (Å²) in [5, 5.41) is 0. The van der Waals surface area contributed by atoms with Crippen molar-refractivity contribution in [3.05, 3.63) is 71.8 Å². The summed E-state index contributed by atoms with van der Waals surface area (Å²) in [6, 6.07) is 21.6. The van der Waals surface area contributed by atoms with Crippen LogP contribution in [0.2, 0.25) is 0 Å². The number of piperazine rings is 1. The highest BCUT2D eigenvalue weighted by molar-refractivity contribution is 5.82. The van der Waals surface area contributed by atoms with Gasteiger partial charge in [-0.1, -0.05) is 60.7 Å². The molecule has 2 aliphatic rings. The first kappa shape index (κ1) is 18.2.